The van der Waals surface area contributed by atoms with E-state index in [-0.39, 0.29) is 5.41 Å². The Morgan fingerprint density at radius 2 is 1.71 bits per heavy atom. The van der Waals surface area contributed by atoms with E-state index < -0.39 is 18.6 Å². The van der Waals surface area contributed by atoms with Crippen molar-refractivity contribution in [3.8, 4) is 0 Å². The molecule has 0 aromatic carbocycles. The highest BCUT2D eigenvalue weighted by molar-refractivity contribution is 5.48. The van der Waals surface area contributed by atoms with E-state index in [9.17, 15) is 13.2 Å². The van der Waals surface area contributed by atoms with Crippen LogP contribution in [0.25, 0.3) is 0 Å². The molecule has 0 saturated carbocycles. The van der Waals surface area contributed by atoms with Gasteiger partial charge in [0.25, 0.3) is 0 Å². The Morgan fingerprint density at radius 1 is 1.14 bits per heavy atom. The fraction of sp³-hybridized carbons (Fsp3) is 0.714. The van der Waals surface area contributed by atoms with Gasteiger partial charge in [-0.1, -0.05) is 20.8 Å². The van der Waals surface area contributed by atoms with E-state index in [0.717, 1.165) is 0 Å². The summed E-state index contributed by atoms with van der Waals surface area (Å²) < 4.78 is 37.2. The van der Waals surface area contributed by atoms with Gasteiger partial charge in [0.2, 0.25) is 0 Å². The van der Waals surface area contributed by atoms with Gasteiger partial charge in [0.05, 0.1) is 6.42 Å². The first-order valence-corrected chi connectivity index (χ1v) is 6.98. The minimum atomic E-state index is -4.20. The first-order chi connectivity index (χ1) is 9.51. The van der Waals surface area contributed by atoms with Crippen molar-refractivity contribution in [3.63, 3.8) is 0 Å². The molecule has 7 heteroatoms. The van der Waals surface area contributed by atoms with Crippen LogP contribution < -0.4 is 10.6 Å². The number of nitrogens with one attached hydrogen (secondary N) is 2. The maximum absolute atomic E-state index is 12.4. The average molecular weight is 304 g/mol. The number of halogens is 3. The molecule has 0 aliphatic carbocycles. The van der Waals surface area contributed by atoms with Gasteiger partial charge in [0, 0.05) is 24.1 Å². The van der Waals surface area contributed by atoms with Gasteiger partial charge in [-0.2, -0.15) is 13.2 Å². The summed E-state index contributed by atoms with van der Waals surface area (Å²) in [7, 11) is 0. The zero-order valence-corrected chi connectivity index (χ0v) is 13.1. The van der Waals surface area contributed by atoms with Crippen LogP contribution in [-0.2, 0) is 5.41 Å². The normalized spacial score (nSPS) is 13.9. The van der Waals surface area contributed by atoms with Gasteiger partial charge >= 0.3 is 6.18 Å². The molecule has 0 aliphatic rings. The lowest BCUT2D eigenvalue weighted by Gasteiger charge is -2.21. The first-order valence-electron chi connectivity index (χ1n) is 6.98. The van der Waals surface area contributed by atoms with Crippen LogP contribution in [-0.4, -0.2) is 28.7 Å². The van der Waals surface area contributed by atoms with Crippen LogP contribution in [0.5, 0.6) is 0 Å². The summed E-state index contributed by atoms with van der Waals surface area (Å²) in [5.41, 5.74) is -0.283. The van der Waals surface area contributed by atoms with Crippen molar-refractivity contribution in [3.05, 3.63) is 11.9 Å². The molecule has 4 nitrogen and oxygen atoms in total. The summed E-state index contributed by atoms with van der Waals surface area (Å²) in [4.78, 5) is 8.72. The van der Waals surface area contributed by atoms with Crippen molar-refractivity contribution >= 4 is 11.6 Å². The fourth-order valence-electron chi connectivity index (χ4n) is 1.78. The predicted octanol–water partition coefficient (Wildman–Crippen LogP) is 3.96. The molecular weight excluding hydrogens is 281 g/mol. The molecule has 21 heavy (non-hydrogen) atoms. The highest BCUT2D eigenvalue weighted by Gasteiger charge is 2.30. The molecule has 0 amide bonds. The van der Waals surface area contributed by atoms with Gasteiger partial charge < -0.3 is 10.6 Å². The summed E-state index contributed by atoms with van der Waals surface area (Å²) >= 11 is 0. The minimum Gasteiger partial charge on any atom is -0.370 e. The van der Waals surface area contributed by atoms with Crippen molar-refractivity contribution in [2.24, 2.45) is 0 Å². The summed E-state index contributed by atoms with van der Waals surface area (Å²) in [6.07, 6.45) is -5.10. The molecule has 0 spiro atoms. The molecule has 0 radical (unpaired) electrons. The summed E-state index contributed by atoms with van der Waals surface area (Å²) in [5, 5.41) is 5.87. The third-order valence-electron chi connectivity index (χ3n) is 2.69. The van der Waals surface area contributed by atoms with Crippen LogP contribution in [0.15, 0.2) is 6.07 Å². The summed E-state index contributed by atoms with van der Waals surface area (Å²) in [6, 6.07) is 0.883. The van der Waals surface area contributed by atoms with Crippen molar-refractivity contribution < 1.29 is 13.2 Å². The Balaban J connectivity index is 2.98. The van der Waals surface area contributed by atoms with Crippen LogP contribution in [0.4, 0.5) is 24.8 Å². The van der Waals surface area contributed by atoms with E-state index in [2.05, 4.69) is 20.6 Å². The monoisotopic (exact) mass is 304 g/mol. The fourth-order valence-corrected chi connectivity index (χ4v) is 1.78. The molecule has 0 saturated heterocycles. The van der Waals surface area contributed by atoms with Crippen molar-refractivity contribution in [1.29, 1.82) is 0 Å². The molecule has 1 aromatic heterocycles. The molecule has 1 heterocycles. The van der Waals surface area contributed by atoms with Gasteiger partial charge in [-0.25, -0.2) is 9.97 Å². The van der Waals surface area contributed by atoms with Gasteiger partial charge in [-0.15, -0.1) is 0 Å². The maximum atomic E-state index is 12.4. The Kier molecular flexibility index (Phi) is 5.42. The molecule has 0 bridgehead atoms. The second kappa shape index (κ2) is 6.49. The van der Waals surface area contributed by atoms with E-state index in [4.69, 9.17) is 0 Å². The van der Waals surface area contributed by atoms with Crippen LogP contribution in [0.1, 0.15) is 46.9 Å². The van der Waals surface area contributed by atoms with E-state index in [1.807, 2.05) is 27.7 Å². The molecule has 1 atom stereocenters. The standard InChI is InChI=1S/C14H23F3N4/c1-6-18-10-7-11(19-9(2)8-14(15,16)17)21-12(20-10)13(3,4)5/h7,9H,6,8H2,1-5H3,(H2,18,19,20,21). The molecular formula is C14H23F3N4. The zero-order chi connectivity index (χ0) is 16.3. The number of hydrogen-bond donors (Lipinski definition) is 2. The third-order valence-corrected chi connectivity index (χ3v) is 2.69. The van der Waals surface area contributed by atoms with Crippen LogP contribution in [0.2, 0.25) is 0 Å². The number of aromatic nitrogens is 2. The molecule has 1 rings (SSSR count). The summed E-state index contributed by atoms with van der Waals surface area (Å²) in [5.74, 6) is 1.60. The third kappa shape index (κ3) is 6.18. The SMILES string of the molecule is CCNc1cc(NC(C)CC(F)(F)F)nc(C(C)(C)C)n1. The number of nitrogens with zero attached hydrogens (tertiary/aromatic N) is 2. The van der Waals surface area contributed by atoms with Gasteiger partial charge in [-0.05, 0) is 13.8 Å². The van der Waals surface area contributed by atoms with Gasteiger partial charge in [0.15, 0.2) is 0 Å². The Hall–Kier alpha value is -1.53. The quantitative estimate of drug-likeness (QED) is 0.864. The largest absolute Gasteiger partial charge is 0.391 e. The molecule has 0 fully saturated rings. The van der Waals surface area contributed by atoms with Crippen LogP contribution in [0.3, 0.4) is 0 Å². The Bertz CT molecular complexity index is 466. The highest BCUT2D eigenvalue weighted by atomic mass is 19.4. The van der Waals surface area contributed by atoms with E-state index >= 15 is 0 Å². The predicted molar refractivity (Wildman–Crippen MR) is 78.7 cm³/mol. The second-order valence-electron chi connectivity index (χ2n) is 6.11. The second-order valence-corrected chi connectivity index (χ2v) is 6.11. The van der Waals surface area contributed by atoms with E-state index in [1.54, 1.807) is 6.07 Å². The Labute approximate surface area is 123 Å². The smallest absolute Gasteiger partial charge is 0.370 e. The molecule has 120 valence electrons. The zero-order valence-electron chi connectivity index (χ0n) is 13.1. The molecule has 1 aromatic rings. The lowest BCUT2D eigenvalue weighted by molar-refractivity contribution is -0.136. The van der Waals surface area contributed by atoms with Crippen LogP contribution in [0, 0.1) is 0 Å². The number of hydrogen-bond acceptors (Lipinski definition) is 4. The van der Waals surface area contributed by atoms with Crippen LogP contribution >= 0.6 is 0 Å². The average Bonchev–Trinajstić information content (AvgIpc) is 2.24. The van der Waals surface area contributed by atoms with Gasteiger partial charge in [0.1, 0.15) is 17.5 Å². The summed E-state index contributed by atoms with van der Waals surface area (Å²) in [6.45, 7) is 9.97. The van der Waals surface area contributed by atoms with Gasteiger partial charge in [-0.3, -0.25) is 0 Å². The molecule has 0 aliphatic heterocycles. The van der Waals surface area contributed by atoms with Crippen molar-refractivity contribution in [1.82, 2.24) is 9.97 Å². The number of anilines is 2. The number of rotatable bonds is 5. The molecule has 2 N–H and O–H groups in total. The lowest BCUT2D eigenvalue weighted by atomic mass is 9.96. The van der Waals surface area contributed by atoms with E-state index in [0.29, 0.717) is 24.0 Å². The minimum absolute atomic E-state index is 0.283. The molecule has 1 unspecified atom stereocenters. The maximum Gasteiger partial charge on any atom is 0.391 e. The highest BCUT2D eigenvalue weighted by Crippen LogP contribution is 2.25. The van der Waals surface area contributed by atoms with Crippen molar-refractivity contribution in [2.75, 3.05) is 17.2 Å². The first kappa shape index (κ1) is 17.5. The Morgan fingerprint density at radius 3 is 2.19 bits per heavy atom. The van der Waals surface area contributed by atoms with E-state index in [1.165, 1.54) is 6.92 Å². The van der Waals surface area contributed by atoms with Crippen molar-refractivity contribution in [2.45, 2.75) is 58.7 Å². The topological polar surface area (TPSA) is 49.8 Å². The lowest BCUT2D eigenvalue weighted by Crippen LogP contribution is -2.25. The number of alkyl halides is 3.